The van der Waals surface area contributed by atoms with Gasteiger partial charge in [0.2, 0.25) is 0 Å². The molecule has 0 aliphatic rings. The van der Waals surface area contributed by atoms with Gasteiger partial charge in [-0.3, -0.25) is 4.79 Å². The first kappa shape index (κ1) is 17.8. The Morgan fingerprint density at radius 2 is 1.88 bits per heavy atom. The number of ether oxygens (including phenoxy) is 3. The molecule has 0 spiro atoms. The minimum Gasteiger partial charge on any atom is -0.493 e. The Hall–Kier alpha value is -2.53. The highest BCUT2D eigenvalue weighted by atomic mass is 16.5. The van der Waals surface area contributed by atoms with Crippen molar-refractivity contribution < 1.29 is 19.0 Å². The van der Waals surface area contributed by atoms with Crippen LogP contribution < -0.4 is 15.2 Å². The first-order valence-electron chi connectivity index (χ1n) is 7.90. The minimum atomic E-state index is -0.450. The number of rotatable bonds is 8. The fourth-order valence-corrected chi connectivity index (χ4v) is 2.29. The molecule has 0 saturated carbocycles. The van der Waals surface area contributed by atoms with E-state index in [1.807, 2.05) is 42.5 Å². The number of carbonyl (C=O) groups is 1. The fourth-order valence-electron chi connectivity index (χ4n) is 2.29. The van der Waals surface area contributed by atoms with Crippen molar-refractivity contribution in [2.24, 2.45) is 5.73 Å². The molecule has 2 rings (SSSR count). The molecule has 2 aromatic carbocycles. The molecular weight excluding hydrogens is 306 g/mol. The van der Waals surface area contributed by atoms with Crippen molar-refractivity contribution in [2.45, 2.75) is 26.0 Å². The lowest BCUT2D eigenvalue weighted by atomic mass is 10.0. The molecule has 0 heterocycles. The van der Waals surface area contributed by atoms with E-state index in [4.69, 9.17) is 19.9 Å². The van der Waals surface area contributed by atoms with Gasteiger partial charge in [-0.15, -0.1) is 0 Å². The molecule has 0 fully saturated rings. The Morgan fingerprint density at radius 1 is 1.12 bits per heavy atom. The van der Waals surface area contributed by atoms with Gasteiger partial charge in [-0.05, 0) is 30.2 Å². The van der Waals surface area contributed by atoms with E-state index in [0.717, 1.165) is 11.1 Å². The number of nitrogens with two attached hydrogens (primary N) is 1. The van der Waals surface area contributed by atoms with E-state index in [9.17, 15) is 4.79 Å². The molecule has 0 unspecified atom stereocenters. The number of benzene rings is 2. The van der Waals surface area contributed by atoms with Crippen LogP contribution in [0.1, 0.15) is 30.5 Å². The van der Waals surface area contributed by atoms with Crippen molar-refractivity contribution in [1.82, 2.24) is 0 Å². The molecule has 5 heteroatoms. The van der Waals surface area contributed by atoms with Gasteiger partial charge in [-0.2, -0.15) is 0 Å². The molecule has 0 saturated heterocycles. The Balaban J connectivity index is 2.10. The first-order chi connectivity index (χ1) is 11.6. The molecular formula is C19H23NO4. The van der Waals surface area contributed by atoms with Crippen molar-refractivity contribution in [3.8, 4) is 11.5 Å². The smallest absolute Gasteiger partial charge is 0.307 e. The normalized spacial score (nSPS) is 11.6. The van der Waals surface area contributed by atoms with E-state index >= 15 is 0 Å². The van der Waals surface area contributed by atoms with Crippen molar-refractivity contribution in [3.63, 3.8) is 0 Å². The standard InChI is InChI=1S/C19H23NO4/c1-3-23-19(21)12-16(20)15-9-10-17(22-2)18(11-15)24-13-14-7-5-4-6-8-14/h4-11,16H,3,12-13,20H2,1-2H3/t16-/m1/s1. The van der Waals surface area contributed by atoms with Crippen LogP contribution in [0.5, 0.6) is 11.5 Å². The zero-order chi connectivity index (χ0) is 17.4. The minimum absolute atomic E-state index is 0.123. The molecule has 0 amide bonds. The van der Waals surface area contributed by atoms with Crippen LogP contribution in [0.4, 0.5) is 0 Å². The summed E-state index contributed by atoms with van der Waals surface area (Å²) in [5, 5.41) is 0. The second-order valence-electron chi connectivity index (χ2n) is 5.30. The van der Waals surface area contributed by atoms with Crippen molar-refractivity contribution in [2.75, 3.05) is 13.7 Å². The van der Waals surface area contributed by atoms with Crippen molar-refractivity contribution in [3.05, 3.63) is 59.7 Å². The maximum Gasteiger partial charge on any atom is 0.307 e. The van der Waals surface area contributed by atoms with Gasteiger partial charge < -0.3 is 19.9 Å². The third-order valence-electron chi connectivity index (χ3n) is 3.54. The molecule has 0 bridgehead atoms. The average molecular weight is 329 g/mol. The van der Waals surface area contributed by atoms with Gasteiger partial charge in [-0.1, -0.05) is 36.4 Å². The summed E-state index contributed by atoms with van der Waals surface area (Å²) in [5.41, 5.74) is 7.95. The third kappa shape index (κ3) is 4.99. The molecule has 24 heavy (non-hydrogen) atoms. The topological polar surface area (TPSA) is 70.8 Å². The largest absolute Gasteiger partial charge is 0.493 e. The molecule has 2 aromatic rings. The fraction of sp³-hybridized carbons (Fsp3) is 0.316. The van der Waals surface area contributed by atoms with E-state index in [-0.39, 0.29) is 12.4 Å². The SMILES string of the molecule is CCOC(=O)C[C@@H](N)c1ccc(OC)c(OCc2ccccc2)c1. The second-order valence-corrected chi connectivity index (χ2v) is 5.30. The molecule has 0 aliphatic heterocycles. The van der Waals surface area contributed by atoms with Crippen LogP contribution in [0.3, 0.4) is 0 Å². The van der Waals surface area contributed by atoms with Gasteiger partial charge in [0.15, 0.2) is 11.5 Å². The predicted octanol–water partition coefficient (Wildman–Crippen LogP) is 3.23. The van der Waals surface area contributed by atoms with E-state index < -0.39 is 6.04 Å². The summed E-state index contributed by atoms with van der Waals surface area (Å²) in [6, 6.07) is 14.8. The van der Waals surface area contributed by atoms with Crippen molar-refractivity contribution in [1.29, 1.82) is 0 Å². The molecule has 0 aromatic heterocycles. The van der Waals surface area contributed by atoms with Gasteiger partial charge >= 0.3 is 5.97 Å². The zero-order valence-electron chi connectivity index (χ0n) is 14.0. The summed E-state index contributed by atoms with van der Waals surface area (Å²) in [7, 11) is 1.59. The Kier molecular flexibility index (Phi) is 6.63. The molecule has 0 aliphatic carbocycles. The molecule has 0 radical (unpaired) electrons. The van der Waals surface area contributed by atoms with E-state index in [2.05, 4.69) is 0 Å². The van der Waals surface area contributed by atoms with E-state index in [1.54, 1.807) is 20.1 Å². The van der Waals surface area contributed by atoms with E-state index in [0.29, 0.717) is 24.7 Å². The number of methoxy groups -OCH3 is 1. The lowest BCUT2D eigenvalue weighted by molar-refractivity contribution is -0.143. The van der Waals surface area contributed by atoms with Gasteiger partial charge in [0, 0.05) is 6.04 Å². The molecule has 1 atom stereocenters. The van der Waals surface area contributed by atoms with Crippen LogP contribution >= 0.6 is 0 Å². The maximum absolute atomic E-state index is 11.6. The van der Waals surface area contributed by atoms with Crippen LogP contribution in [0.25, 0.3) is 0 Å². The monoisotopic (exact) mass is 329 g/mol. The van der Waals surface area contributed by atoms with Crippen LogP contribution in [-0.4, -0.2) is 19.7 Å². The number of esters is 1. The lowest BCUT2D eigenvalue weighted by Gasteiger charge is -2.16. The third-order valence-corrected chi connectivity index (χ3v) is 3.54. The number of carbonyl (C=O) groups excluding carboxylic acids is 1. The number of hydrogen-bond donors (Lipinski definition) is 1. The summed E-state index contributed by atoms with van der Waals surface area (Å²) in [6.45, 7) is 2.54. The molecule has 128 valence electrons. The van der Waals surface area contributed by atoms with Crippen molar-refractivity contribution >= 4 is 5.97 Å². The summed E-state index contributed by atoms with van der Waals surface area (Å²) >= 11 is 0. The predicted molar refractivity (Wildman–Crippen MR) is 91.9 cm³/mol. The Labute approximate surface area is 142 Å². The molecule has 5 nitrogen and oxygen atoms in total. The lowest BCUT2D eigenvalue weighted by Crippen LogP contribution is -2.17. The zero-order valence-corrected chi connectivity index (χ0v) is 14.0. The Bertz CT molecular complexity index is 658. The van der Waals surface area contributed by atoms with Crippen LogP contribution in [0.15, 0.2) is 48.5 Å². The van der Waals surface area contributed by atoms with Gasteiger partial charge in [0.1, 0.15) is 6.61 Å². The van der Waals surface area contributed by atoms with Gasteiger partial charge in [0.25, 0.3) is 0 Å². The van der Waals surface area contributed by atoms with Gasteiger partial charge in [0.05, 0.1) is 20.1 Å². The van der Waals surface area contributed by atoms with Crippen LogP contribution in [0, 0.1) is 0 Å². The van der Waals surface area contributed by atoms with Crippen LogP contribution in [0.2, 0.25) is 0 Å². The summed E-state index contributed by atoms with van der Waals surface area (Å²) < 4.78 is 16.1. The highest BCUT2D eigenvalue weighted by Gasteiger charge is 2.15. The quantitative estimate of drug-likeness (QED) is 0.753. The highest BCUT2D eigenvalue weighted by molar-refractivity contribution is 5.70. The van der Waals surface area contributed by atoms with E-state index in [1.165, 1.54) is 0 Å². The summed E-state index contributed by atoms with van der Waals surface area (Å²) in [6.07, 6.45) is 0.123. The second kappa shape index (κ2) is 8.93. The average Bonchev–Trinajstić information content (AvgIpc) is 2.60. The summed E-state index contributed by atoms with van der Waals surface area (Å²) in [4.78, 5) is 11.6. The molecule has 2 N–H and O–H groups in total. The van der Waals surface area contributed by atoms with Crippen LogP contribution in [-0.2, 0) is 16.1 Å². The Morgan fingerprint density at radius 3 is 2.54 bits per heavy atom. The number of hydrogen-bond acceptors (Lipinski definition) is 5. The summed E-state index contributed by atoms with van der Waals surface area (Å²) in [5.74, 6) is 0.906. The maximum atomic E-state index is 11.6. The van der Waals surface area contributed by atoms with Gasteiger partial charge in [-0.25, -0.2) is 0 Å². The first-order valence-corrected chi connectivity index (χ1v) is 7.90. The highest BCUT2D eigenvalue weighted by Crippen LogP contribution is 2.31.